The number of benzene rings is 1. The number of aryl methyl sites for hydroxylation is 1. The molecular formula is C27H31N5O5. The molecule has 1 atom stereocenters. The summed E-state index contributed by atoms with van der Waals surface area (Å²) in [5.74, 6) is 1.56. The monoisotopic (exact) mass is 505 g/mol. The van der Waals surface area contributed by atoms with E-state index >= 15 is 0 Å². The number of carbonyl (C=O) groups excluding carboxylic acids is 2. The van der Waals surface area contributed by atoms with E-state index in [1.165, 1.54) is 0 Å². The van der Waals surface area contributed by atoms with Gasteiger partial charge in [-0.15, -0.1) is 0 Å². The second-order valence-electron chi connectivity index (χ2n) is 10.4. The minimum atomic E-state index is -0.864. The molecule has 0 radical (unpaired) electrons. The first-order chi connectivity index (χ1) is 17.8. The SMILES string of the molecule is Cc1c(C(=O)N2CCC(C)(O)C2)cn2nccc(Oc3ccc4c(c3)OCCN4C(=O)NC3CCC3)c12. The highest BCUT2D eigenvalue weighted by Gasteiger charge is 2.35. The zero-order valence-electron chi connectivity index (χ0n) is 21.1. The number of fused-ring (bicyclic) bond motifs is 2. The van der Waals surface area contributed by atoms with Gasteiger partial charge in [-0.2, -0.15) is 5.10 Å². The number of nitrogens with one attached hydrogen (secondary N) is 1. The number of nitrogens with zero attached hydrogens (tertiary/aromatic N) is 4. The third kappa shape index (κ3) is 4.35. The van der Waals surface area contributed by atoms with Crippen LogP contribution in [0.15, 0.2) is 36.7 Å². The summed E-state index contributed by atoms with van der Waals surface area (Å²) in [5.41, 5.74) is 1.83. The number of ether oxygens (including phenoxy) is 2. The Labute approximate surface area is 214 Å². The fourth-order valence-electron chi connectivity index (χ4n) is 5.22. The second kappa shape index (κ2) is 8.95. The lowest BCUT2D eigenvalue weighted by molar-refractivity contribution is 0.0572. The number of amides is 3. The van der Waals surface area contributed by atoms with Crippen molar-refractivity contribution in [3.63, 3.8) is 0 Å². The Hall–Kier alpha value is -3.79. The van der Waals surface area contributed by atoms with E-state index in [-0.39, 0.29) is 18.0 Å². The minimum absolute atomic E-state index is 0.0979. The van der Waals surface area contributed by atoms with Gasteiger partial charge in [-0.1, -0.05) is 0 Å². The van der Waals surface area contributed by atoms with Crippen molar-refractivity contribution < 1.29 is 24.2 Å². The summed E-state index contributed by atoms with van der Waals surface area (Å²) >= 11 is 0. The first-order valence-electron chi connectivity index (χ1n) is 12.8. The van der Waals surface area contributed by atoms with Crippen LogP contribution in [0, 0.1) is 6.92 Å². The van der Waals surface area contributed by atoms with Crippen LogP contribution in [-0.2, 0) is 0 Å². The van der Waals surface area contributed by atoms with Crippen molar-refractivity contribution in [1.82, 2.24) is 19.8 Å². The number of hydrogen-bond donors (Lipinski definition) is 2. The third-order valence-corrected chi connectivity index (χ3v) is 7.56. The van der Waals surface area contributed by atoms with Gasteiger partial charge < -0.3 is 24.8 Å². The highest BCUT2D eigenvalue weighted by Crippen LogP contribution is 2.38. The minimum Gasteiger partial charge on any atom is -0.489 e. The molecule has 2 aromatic heterocycles. The molecule has 1 aliphatic carbocycles. The summed E-state index contributed by atoms with van der Waals surface area (Å²) in [4.78, 5) is 29.4. The topological polar surface area (TPSA) is 109 Å². The van der Waals surface area contributed by atoms with Gasteiger partial charge in [0.25, 0.3) is 5.91 Å². The molecule has 6 rings (SSSR count). The molecule has 0 bridgehead atoms. The van der Waals surface area contributed by atoms with Gasteiger partial charge in [0.15, 0.2) is 5.75 Å². The van der Waals surface area contributed by atoms with Crippen molar-refractivity contribution in [3.05, 3.63) is 47.8 Å². The summed E-state index contributed by atoms with van der Waals surface area (Å²) in [6.07, 6.45) is 7.10. The number of aromatic nitrogens is 2. The van der Waals surface area contributed by atoms with Crippen LogP contribution in [-0.4, -0.2) is 69.4 Å². The maximum Gasteiger partial charge on any atom is 0.322 e. The van der Waals surface area contributed by atoms with E-state index in [0.29, 0.717) is 66.7 Å². The van der Waals surface area contributed by atoms with Gasteiger partial charge in [0.05, 0.1) is 29.6 Å². The van der Waals surface area contributed by atoms with Crippen molar-refractivity contribution in [2.24, 2.45) is 0 Å². The standard InChI is InChI=1S/C27H31N5O5/c1-17-20(25(33)30-11-9-27(2,35)16-30)15-32-24(17)22(8-10-28-32)37-19-6-7-21-23(14-19)36-13-12-31(21)26(34)29-18-4-3-5-18/h6-8,10,14-15,18,35H,3-5,9,11-13,16H2,1-2H3,(H,29,34). The Kier molecular flexibility index (Phi) is 5.71. The van der Waals surface area contributed by atoms with Crippen LogP contribution in [0.3, 0.4) is 0 Å². The van der Waals surface area contributed by atoms with Gasteiger partial charge in [0, 0.05) is 37.5 Å². The number of hydrogen-bond acceptors (Lipinski definition) is 6. The Balaban J connectivity index is 1.25. The molecule has 1 aromatic carbocycles. The number of carbonyl (C=O) groups is 2. The van der Waals surface area contributed by atoms with Crippen molar-refractivity contribution in [1.29, 1.82) is 0 Å². The van der Waals surface area contributed by atoms with E-state index in [2.05, 4.69) is 10.4 Å². The molecule has 2 N–H and O–H groups in total. The number of β-amino-alcohol motifs (C(OH)–C–C–N with tert-alkyl or cyclic N) is 1. The molecule has 3 aliphatic rings. The van der Waals surface area contributed by atoms with Crippen LogP contribution in [0.25, 0.3) is 5.52 Å². The molecule has 1 saturated carbocycles. The normalized spacial score (nSPS) is 21.4. The molecule has 10 heteroatoms. The quantitative estimate of drug-likeness (QED) is 0.562. The van der Waals surface area contributed by atoms with Crippen LogP contribution in [0.1, 0.15) is 48.5 Å². The third-order valence-electron chi connectivity index (χ3n) is 7.56. The van der Waals surface area contributed by atoms with E-state index in [1.807, 2.05) is 19.1 Å². The van der Waals surface area contributed by atoms with E-state index < -0.39 is 5.60 Å². The first-order valence-corrected chi connectivity index (χ1v) is 12.8. The van der Waals surface area contributed by atoms with Crippen molar-refractivity contribution in [2.45, 2.75) is 51.2 Å². The molecule has 3 amide bonds. The molecule has 0 spiro atoms. The number of likely N-dealkylation sites (tertiary alicyclic amines) is 1. The largest absolute Gasteiger partial charge is 0.489 e. The maximum absolute atomic E-state index is 13.2. The van der Waals surface area contributed by atoms with Gasteiger partial charge in [-0.25, -0.2) is 9.31 Å². The Morgan fingerprint density at radius 3 is 2.81 bits per heavy atom. The average molecular weight is 506 g/mol. The number of rotatable bonds is 4. The fraction of sp³-hybridized carbons (Fsp3) is 0.444. The van der Waals surface area contributed by atoms with Crippen LogP contribution in [0.4, 0.5) is 10.5 Å². The summed E-state index contributed by atoms with van der Waals surface area (Å²) in [6.45, 7) is 5.33. The van der Waals surface area contributed by atoms with Crippen LogP contribution >= 0.6 is 0 Å². The van der Waals surface area contributed by atoms with Crippen LogP contribution in [0.2, 0.25) is 0 Å². The van der Waals surface area contributed by atoms with Gasteiger partial charge in [0.2, 0.25) is 0 Å². The summed E-state index contributed by atoms with van der Waals surface area (Å²) in [6, 6.07) is 7.35. The Morgan fingerprint density at radius 2 is 2.08 bits per heavy atom. The van der Waals surface area contributed by atoms with Crippen molar-refractivity contribution in [2.75, 3.05) is 31.1 Å². The zero-order valence-corrected chi connectivity index (χ0v) is 21.1. The van der Waals surface area contributed by atoms with Gasteiger partial charge in [-0.3, -0.25) is 9.69 Å². The lowest BCUT2D eigenvalue weighted by Gasteiger charge is -2.33. The molecule has 10 nitrogen and oxygen atoms in total. The van der Waals surface area contributed by atoms with E-state index in [1.54, 1.807) is 45.8 Å². The molecule has 2 fully saturated rings. The van der Waals surface area contributed by atoms with E-state index in [4.69, 9.17) is 9.47 Å². The van der Waals surface area contributed by atoms with Gasteiger partial charge in [0.1, 0.15) is 23.6 Å². The number of anilines is 1. The summed E-state index contributed by atoms with van der Waals surface area (Å²) < 4.78 is 13.8. The average Bonchev–Trinajstić information content (AvgIpc) is 3.39. The molecule has 4 heterocycles. The zero-order chi connectivity index (χ0) is 25.7. The molecule has 3 aromatic rings. The predicted molar refractivity (Wildman–Crippen MR) is 137 cm³/mol. The molecule has 194 valence electrons. The maximum atomic E-state index is 13.2. The predicted octanol–water partition coefficient (Wildman–Crippen LogP) is 3.49. The second-order valence-corrected chi connectivity index (χ2v) is 10.4. The summed E-state index contributed by atoms with van der Waals surface area (Å²) in [5, 5.41) is 17.8. The van der Waals surface area contributed by atoms with E-state index in [9.17, 15) is 14.7 Å². The number of urea groups is 1. The van der Waals surface area contributed by atoms with Crippen molar-refractivity contribution in [3.8, 4) is 17.2 Å². The van der Waals surface area contributed by atoms with Crippen LogP contribution < -0.4 is 19.7 Å². The molecule has 37 heavy (non-hydrogen) atoms. The molecule has 1 saturated heterocycles. The van der Waals surface area contributed by atoms with Crippen molar-refractivity contribution >= 4 is 23.1 Å². The fourth-order valence-corrected chi connectivity index (χ4v) is 5.22. The smallest absolute Gasteiger partial charge is 0.322 e. The Bertz CT molecular complexity index is 1380. The summed E-state index contributed by atoms with van der Waals surface area (Å²) in [7, 11) is 0. The highest BCUT2D eigenvalue weighted by atomic mass is 16.5. The lowest BCUT2D eigenvalue weighted by Crippen LogP contribution is -2.49. The van der Waals surface area contributed by atoms with E-state index in [0.717, 1.165) is 24.8 Å². The van der Waals surface area contributed by atoms with Crippen LogP contribution in [0.5, 0.6) is 17.2 Å². The molecular weight excluding hydrogens is 474 g/mol. The first kappa shape index (κ1) is 23.6. The lowest BCUT2D eigenvalue weighted by atomic mass is 9.93. The molecule has 1 unspecified atom stereocenters. The molecule has 2 aliphatic heterocycles. The van der Waals surface area contributed by atoms with Gasteiger partial charge >= 0.3 is 6.03 Å². The number of aliphatic hydroxyl groups is 1. The van der Waals surface area contributed by atoms with Gasteiger partial charge in [-0.05, 0) is 57.2 Å². The Morgan fingerprint density at radius 1 is 1.24 bits per heavy atom. The highest BCUT2D eigenvalue weighted by molar-refractivity contribution is 5.98.